The molecule has 1 aromatic rings. The van der Waals surface area contributed by atoms with Crippen molar-refractivity contribution in [3.8, 4) is 0 Å². The second-order valence-electron chi connectivity index (χ2n) is 6.22. The Morgan fingerprint density at radius 3 is 2.50 bits per heavy atom. The number of aliphatic hydroxyl groups is 1. The highest BCUT2D eigenvalue weighted by molar-refractivity contribution is 5.66. The predicted molar refractivity (Wildman–Crippen MR) is 87.1 cm³/mol. The number of rotatable bonds is 6. The van der Waals surface area contributed by atoms with Gasteiger partial charge in [0.25, 0.3) is 0 Å². The van der Waals surface area contributed by atoms with Crippen molar-refractivity contribution in [2.45, 2.75) is 71.1 Å². The molecule has 0 saturated carbocycles. The van der Waals surface area contributed by atoms with E-state index in [1.165, 1.54) is 6.92 Å². The molecule has 1 N–H and O–H groups in total. The molecule has 0 aromatic heterocycles. The first kappa shape index (κ1) is 18.9. The topological polar surface area (TPSA) is 74.2 Å². The lowest BCUT2D eigenvalue weighted by molar-refractivity contribution is -0.310. The first-order chi connectivity index (χ1) is 11.4. The molecule has 0 aliphatic carbocycles. The van der Waals surface area contributed by atoms with Crippen LogP contribution in [-0.4, -0.2) is 47.9 Å². The molecule has 1 aromatic carbocycles. The van der Waals surface area contributed by atoms with Gasteiger partial charge in [0.2, 0.25) is 0 Å². The van der Waals surface area contributed by atoms with Gasteiger partial charge >= 0.3 is 5.97 Å². The van der Waals surface area contributed by atoms with Crippen LogP contribution in [0.1, 0.15) is 33.3 Å². The van der Waals surface area contributed by atoms with Crippen molar-refractivity contribution in [3.63, 3.8) is 0 Å². The van der Waals surface area contributed by atoms with Gasteiger partial charge in [0.05, 0.1) is 18.8 Å². The minimum Gasteiger partial charge on any atom is -0.457 e. The first-order valence-corrected chi connectivity index (χ1v) is 8.20. The van der Waals surface area contributed by atoms with Crippen molar-refractivity contribution in [3.05, 3.63) is 35.9 Å². The van der Waals surface area contributed by atoms with Gasteiger partial charge in [-0.05, 0) is 26.3 Å². The summed E-state index contributed by atoms with van der Waals surface area (Å²) in [4.78, 5) is 11.4. The number of carbonyl (C=O) groups is 1. The van der Waals surface area contributed by atoms with Crippen LogP contribution in [0.25, 0.3) is 0 Å². The third kappa shape index (κ3) is 5.01. The van der Waals surface area contributed by atoms with Crippen LogP contribution < -0.4 is 0 Å². The average Bonchev–Trinajstić information content (AvgIpc) is 2.52. The molecule has 0 bridgehead atoms. The molecule has 1 heterocycles. The predicted octanol–water partition coefficient (Wildman–Crippen LogP) is 2.03. The molecule has 134 valence electrons. The summed E-state index contributed by atoms with van der Waals surface area (Å²) in [7, 11) is 0. The van der Waals surface area contributed by atoms with Gasteiger partial charge in [-0.25, -0.2) is 0 Å². The summed E-state index contributed by atoms with van der Waals surface area (Å²) in [5.41, 5.74) is 0.965. The Hall–Kier alpha value is -1.47. The second kappa shape index (κ2) is 8.58. The van der Waals surface area contributed by atoms with E-state index in [1.807, 2.05) is 44.2 Å². The Balaban J connectivity index is 2.12. The molecular formula is C18H26O6. The van der Waals surface area contributed by atoms with E-state index < -0.39 is 36.7 Å². The Bertz CT molecular complexity index is 518. The molecule has 2 rings (SSSR count). The number of carbonyl (C=O) groups excluding carboxylic acids is 1. The molecule has 0 radical (unpaired) electrons. The van der Waals surface area contributed by atoms with Crippen molar-refractivity contribution < 1.29 is 28.8 Å². The Morgan fingerprint density at radius 2 is 1.92 bits per heavy atom. The largest absolute Gasteiger partial charge is 0.457 e. The third-order valence-electron chi connectivity index (χ3n) is 3.74. The lowest BCUT2D eigenvalue weighted by Crippen LogP contribution is -2.59. The molecule has 24 heavy (non-hydrogen) atoms. The van der Waals surface area contributed by atoms with E-state index in [4.69, 9.17) is 18.9 Å². The van der Waals surface area contributed by atoms with Crippen LogP contribution in [0, 0.1) is 0 Å². The third-order valence-corrected chi connectivity index (χ3v) is 3.74. The average molecular weight is 338 g/mol. The van der Waals surface area contributed by atoms with Gasteiger partial charge in [-0.1, -0.05) is 30.3 Å². The maximum Gasteiger partial charge on any atom is 0.303 e. The Morgan fingerprint density at radius 1 is 1.25 bits per heavy atom. The zero-order chi connectivity index (χ0) is 17.7. The fourth-order valence-corrected chi connectivity index (χ4v) is 2.68. The highest BCUT2D eigenvalue weighted by Crippen LogP contribution is 2.28. The summed E-state index contributed by atoms with van der Waals surface area (Å²) >= 11 is 0. The zero-order valence-corrected chi connectivity index (χ0v) is 14.5. The minimum atomic E-state index is -1.06. The van der Waals surface area contributed by atoms with Crippen LogP contribution in [0.2, 0.25) is 0 Å². The molecule has 1 saturated heterocycles. The van der Waals surface area contributed by atoms with E-state index >= 15 is 0 Å². The van der Waals surface area contributed by atoms with Gasteiger partial charge in [0.15, 0.2) is 12.4 Å². The summed E-state index contributed by atoms with van der Waals surface area (Å²) in [6.45, 7) is 7.11. The van der Waals surface area contributed by atoms with Crippen molar-refractivity contribution in [2.24, 2.45) is 0 Å². The summed E-state index contributed by atoms with van der Waals surface area (Å²) in [5, 5.41) is 10.6. The van der Waals surface area contributed by atoms with Gasteiger partial charge in [-0.15, -0.1) is 0 Å². The van der Waals surface area contributed by atoms with Gasteiger partial charge < -0.3 is 24.1 Å². The van der Waals surface area contributed by atoms with Crippen LogP contribution in [-0.2, 0) is 30.3 Å². The Kier molecular flexibility index (Phi) is 6.74. The zero-order valence-electron chi connectivity index (χ0n) is 14.5. The molecule has 0 amide bonds. The number of hydrogen-bond acceptors (Lipinski definition) is 6. The number of esters is 1. The SMILES string of the molecule is CC(=O)O[C@@H]1[C@@H](OCc2ccccc2)[C@@H](O)[C@@H](OC(C)C)O[C@H]1C. The van der Waals surface area contributed by atoms with Gasteiger partial charge in [0, 0.05) is 6.92 Å². The highest BCUT2D eigenvalue weighted by Gasteiger charge is 2.47. The van der Waals surface area contributed by atoms with E-state index in [-0.39, 0.29) is 6.10 Å². The molecule has 1 aliphatic heterocycles. The fourth-order valence-electron chi connectivity index (χ4n) is 2.68. The van der Waals surface area contributed by atoms with E-state index in [0.717, 1.165) is 5.56 Å². The van der Waals surface area contributed by atoms with Crippen LogP contribution in [0.4, 0.5) is 0 Å². The van der Waals surface area contributed by atoms with Crippen LogP contribution in [0.15, 0.2) is 30.3 Å². The molecule has 1 aliphatic rings. The summed E-state index contributed by atoms with van der Waals surface area (Å²) in [6.07, 6.45) is -3.89. The number of ether oxygens (including phenoxy) is 4. The second-order valence-corrected chi connectivity index (χ2v) is 6.22. The Labute approximate surface area is 142 Å². The van der Waals surface area contributed by atoms with E-state index in [9.17, 15) is 9.90 Å². The molecular weight excluding hydrogens is 312 g/mol. The molecule has 0 spiro atoms. The number of hydrogen-bond donors (Lipinski definition) is 1. The molecule has 6 heteroatoms. The van der Waals surface area contributed by atoms with Gasteiger partial charge in [-0.2, -0.15) is 0 Å². The summed E-state index contributed by atoms with van der Waals surface area (Å²) < 4.78 is 22.5. The smallest absolute Gasteiger partial charge is 0.303 e. The first-order valence-electron chi connectivity index (χ1n) is 8.20. The standard InChI is InChI=1S/C18H26O6/c1-11(2)22-18-15(20)17(16(12(3)23-18)24-13(4)19)21-10-14-8-6-5-7-9-14/h5-9,11-12,15-18,20H,10H2,1-4H3/t12-,15+,16-,17-,18-/m0/s1. The highest BCUT2D eigenvalue weighted by atomic mass is 16.7. The van der Waals surface area contributed by atoms with Crippen molar-refractivity contribution >= 4 is 5.97 Å². The van der Waals surface area contributed by atoms with E-state index in [2.05, 4.69) is 0 Å². The molecule has 0 unspecified atom stereocenters. The lowest BCUT2D eigenvalue weighted by atomic mass is 9.99. The monoisotopic (exact) mass is 338 g/mol. The quantitative estimate of drug-likeness (QED) is 0.800. The summed E-state index contributed by atoms with van der Waals surface area (Å²) in [5.74, 6) is -0.445. The fraction of sp³-hybridized carbons (Fsp3) is 0.611. The van der Waals surface area contributed by atoms with Crippen LogP contribution >= 0.6 is 0 Å². The van der Waals surface area contributed by atoms with Crippen molar-refractivity contribution in [1.82, 2.24) is 0 Å². The van der Waals surface area contributed by atoms with Gasteiger partial charge in [-0.3, -0.25) is 4.79 Å². The molecule has 1 fully saturated rings. The van der Waals surface area contributed by atoms with Crippen LogP contribution in [0.3, 0.4) is 0 Å². The molecule has 6 nitrogen and oxygen atoms in total. The summed E-state index contributed by atoms with van der Waals surface area (Å²) in [6, 6.07) is 9.60. The maximum absolute atomic E-state index is 11.4. The number of benzene rings is 1. The minimum absolute atomic E-state index is 0.114. The van der Waals surface area contributed by atoms with Crippen molar-refractivity contribution in [2.75, 3.05) is 0 Å². The van der Waals surface area contributed by atoms with E-state index in [1.54, 1.807) is 6.92 Å². The maximum atomic E-state index is 11.4. The van der Waals surface area contributed by atoms with Gasteiger partial charge in [0.1, 0.15) is 12.2 Å². The van der Waals surface area contributed by atoms with Crippen LogP contribution in [0.5, 0.6) is 0 Å². The number of aliphatic hydroxyl groups excluding tert-OH is 1. The normalized spacial score (nSPS) is 30.3. The lowest BCUT2D eigenvalue weighted by Gasteiger charge is -2.43. The molecule has 5 atom stereocenters. The van der Waals surface area contributed by atoms with E-state index in [0.29, 0.717) is 6.61 Å². The van der Waals surface area contributed by atoms with Crippen molar-refractivity contribution in [1.29, 1.82) is 0 Å².